The van der Waals surface area contributed by atoms with Crippen molar-refractivity contribution in [1.82, 2.24) is 10.3 Å². The highest BCUT2D eigenvalue weighted by Crippen LogP contribution is 2.15. The van der Waals surface area contributed by atoms with Gasteiger partial charge < -0.3 is 10.1 Å². The minimum atomic E-state index is -0.372. The largest absolute Gasteiger partial charge is 0.350 e. The van der Waals surface area contributed by atoms with E-state index in [9.17, 15) is 14.0 Å². The molecule has 18 heavy (non-hydrogen) atoms. The van der Waals surface area contributed by atoms with Gasteiger partial charge in [-0.15, -0.1) is 0 Å². The van der Waals surface area contributed by atoms with E-state index in [0.717, 1.165) is 6.29 Å². The fraction of sp³-hybridized carbons (Fsp3) is 0.154. The molecule has 1 heterocycles. The highest BCUT2D eigenvalue weighted by atomic mass is 19.1. The molecule has 4 nitrogen and oxygen atoms in total. The number of pyridine rings is 1. The van der Waals surface area contributed by atoms with Crippen LogP contribution in [0.4, 0.5) is 4.39 Å². The number of hydrogen-bond acceptors (Lipinski definition) is 3. The molecule has 0 aliphatic carbocycles. The first kappa shape index (κ1) is 12.2. The van der Waals surface area contributed by atoms with Crippen molar-refractivity contribution in [2.75, 3.05) is 6.54 Å². The summed E-state index contributed by atoms with van der Waals surface area (Å²) in [6, 6.07) is 7.50. The normalized spacial score (nSPS) is 10.3. The topological polar surface area (TPSA) is 59.1 Å². The molecular formula is C13H11FN2O2. The van der Waals surface area contributed by atoms with E-state index in [1.54, 1.807) is 12.1 Å². The average molecular weight is 246 g/mol. The van der Waals surface area contributed by atoms with Gasteiger partial charge in [0.1, 0.15) is 17.8 Å². The number of benzene rings is 1. The number of aldehydes is 1. The van der Waals surface area contributed by atoms with E-state index in [-0.39, 0.29) is 30.4 Å². The zero-order valence-corrected chi connectivity index (χ0v) is 9.52. The van der Waals surface area contributed by atoms with Crippen LogP contribution in [0.1, 0.15) is 16.9 Å². The summed E-state index contributed by atoms with van der Waals surface area (Å²) in [5.41, 5.74) is 0.636. The summed E-state index contributed by atoms with van der Waals surface area (Å²) in [5, 5.41) is 2.93. The minimum Gasteiger partial charge on any atom is -0.350 e. The molecule has 5 heteroatoms. The number of hydrogen-bond donors (Lipinski definition) is 1. The fourth-order valence-electron chi connectivity index (χ4n) is 1.58. The van der Waals surface area contributed by atoms with Gasteiger partial charge in [0.25, 0.3) is 5.91 Å². The Morgan fingerprint density at radius 2 is 2.17 bits per heavy atom. The molecule has 1 amide bonds. The Morgan fingerprint density at radius 1 is 1.33 bits per heavy atom. The van der Waals surface area contributed by atoms with Gasteiger partial charge in [-0.1, -0.05) is 6.07 Å². The molecule has 0 aliphatic rings. The van der Waals surface area contributed by atoms with E-state index in [2.05, 4.69) is 10.3 Å². The first-order valence-corrected chi connectivity index (χ1v) is 5.49. The second-order valence-electron chi connectivity index (χ2n) is 3.71. The van der Waals surface area contributed by atoms with Crippen LogP contribution in [0.25, 0.3) is 10.9 Å². The van der Waals surface area contributed by atoms with Crippen molar-refractivity contribution in [2.24, 2.45) is 0 Å². The monoisotopic (exact) mass is 246 g/mol. The molecule has 0 unspecified atom stereocenters. The van der Waals surface area contributed by atoms with Crippen molar-refractivity contribution in [3.63, 3.8) is 0 Å². The fourth-order valence-corrected chi connectivity index (χ4v) is 1.58. The molecular weight excluding hydrogens is 235 g/mol. The summed E-state index contributed by atoms with van der Waals surface area (Å²) in [5.74, 6) is -0.740. The van der Waals surface area contributed by atoms with Gasteiger partial charge in [0.2, 0.25) is 0 Å². The van der Waals surface area contributed by atoms with Gasteiger partial charge in [-0.2, -0.15) is 0 Å². The van der Waals surface area contributed by atoms with Crippen LogP contribution < -0.4 is 5.32 Å². The summed E-state index contributed by atoms with van der Waals surface area (Å²) in [7, 11) is 0. The molecule has 0 radical (unpaired) electrons. The lowest BCUT2D eigenvalue weighted by molar-refractivity contribution is -0.107. The quantitative estimate of drug-likeness (QED) is 0.659. The van der Waals surface area contributed by atoms with Crippen LogP contribution in [0, 0.1) is 5.82 Å². The zero-order valence-electron chi connectivity index (χ0n) is 9.52. The highest BCUT2D eigenvalue weighted by Gasteiger charge is 2.08. The maximum Gasteiger partial charge on any atom is 0.269 e. The number of nitrogens with zero attached hydrogens (tertiary/aromatic N) is 1. The number of carbonyl (C=O) groups excluding carboxylic acids is 2. The molecule has 0 saturated carbocycles. The Labute approximate surface area is 103 Å². The first-order valence-electron chi connectivity index (χ1n) is 5.49. The lowest BCUT2D eigenvalue weighted by Crippen LogP contribution is -2.25. The van der Waals surface area contributed by atoms with E-state index in [0.29, 0.717) is 10.9 Å². The molecule has 1 aromatic heterocycles. The first-order chi connectivity index (χ1) is 8.72. The predicted octanol–water partition coefficient (Wildman–Crippen LogP) is 1.69. The minimum absolute atomic E-state index is 0.207. The molecule has 0 aliphatic heterocycles. The Kier molecular flexibility index (Phi) is 3.62. The molecule has 0 bridgehead atoms. The molecule has 0 saturated heterocycles. The molecule has 1 N–H and O–H groups in total. The van der Waals surface area contributed by atoms with Crippen molar-refractivity contribution in [1.29, 1.82) is 0 Å². The summed E-state index contributed by atoms with van der Waals surface area (Å²) < 4.78 is 13.4. The maximum atomic E-state index is 13.4. The van der Waals surface area contributed by atoms with Crippen LogP contribution in [0.15, 0.2) is 30.3 Å². The summed E-state index contributed by atoms with van der Waals surface area (Å²) in [6.07, 6.45) is 0.984. The number of carbonyl (C=O) groups is 2. The van der Waals surface area contributed by atoms with Crippen LogP contribution >= 0.6 is 0 Å². The van der Waals surface area contributed by atoms with E-state index in [1.807, 2.05) is 0 Å². The van der Waals surface area contributed by atoms with Crippen molar-refractivity contribution in [2.45, 2.75) is 6.42 Å². The van der Waals surface area contributed by atoms with Crippen LogP contribution in [0.2, 0.25) is 0 Å². The van der Waals surface area contributed by atoms with Gasteiger partial charge in [0.05, 0.1) is 5.52 Å². The number of aromatic nitrogens is 1. The second kappa shape index (κ2) is 5.35. The maximum absolute atomic E-state index is 13.4. The van der Waals surface area contributed by atoms with Crippen LogP contribution in [-0.2, 0) is 4.79 Å². The van der Waals surface area contributed by atoms with E-state index >= 15 is 0 Å². The molecule has 0 fully saturated rings. The molecule has 0 atom stereocenters. The Morgan fingerprint density at radius 3 is 2.94 bits per heavy atom. The predicted molar refractivity (Wildman–Crippen MR) is 64.7 cm³/mol. The number of fused-ring (bicyclic) bond motifs is 1. The van der Waals surface area contributed by atoms with Crippen molar-refractivity contribution < 1.29 is 14.0 Å². The third-order valence-corrected chi connectivity index (χ3v) is 2.46. The Bertz CT molecular complexity index is 599. The molecule has 2 rings (SSSR count). The zero-order chi connectivity index (χ0) is 13.0. The number of halogens is 1. The third-order valence-electron chi connectivity index (χ3n) is 2.46. The van der Waals surface area contributed by atoms with Gasteiger partial charge in [-0.05, 0) is 24.3 Å². The second-order valence-corrected chi connectivity index (χ2v) is 3.71. The smallest absolute Gasteiger partial charge is 0.269 e. The highest BCUT2D eigenvalue weighted by molar-refractivity contribution is 5.95. The SMILES string of the molecule is O=CCCNC(=O)c1ccc2c(F)cccc2n1. The number of amides is 1. The molecule has 0 spiro atoms. The van der Waals surface area contributed by atoms with Gasteiger partial charge >= 0.3 is 0 Å². The Hall–Kier alpha value is -2.30. The lowest BCUT2D eigenvalue weighted by atomic mass is 10.2. The van der Waals surface area contributed by atoms with Gasteiger partial charge in [0, 0.05) is 18.4 Å². The Balaban J connectivity index is 2.24. The van der Waals surface area contributed by atoms with Crippen LogP contribution in [0.3, 0.4) is 0 Å². The van der Waals surface area contributed by atoms with E-state index in [1.165, 1.54) is 18.2 Å². The summed E-state index contributed by atoms with van der Waals surface area (Å²) >= 11 is 0. The number of rotatable bonds is 4. The lowest BCUT2D eigenvalue weighted by Gasteiger charge is -2.04. The summed E-state index contributed by atoms with van der Waals surface area (Å²) in [6.45, 7) is 0.269. The van der Waals surface area contributed by atoms with Gasteiger partial charge in [-0.25, -0.2) is 9.37 Å². The van der Waals surface area contributed by atoms with Crippen LogP contribution in [-0.4, -0.2) is 23.7 Å². The van der Waals surface area contributed by atoms with Crippen LogP contribution in [0.5, 0.6) is 0 Å². The third kappa shape index (κ3) is 2.51. The average Bonchev–Trinajstić information content (AvgIpc) is 2.39. The van der Waals surface area contributed by atoms with Crippen molar-refractivity contribution in [3.05, 3.63) is 41.8 Å². The molecule has 1 aromatic carbocycles. The van der Waals surface area contributed by atoms with Crippen molar-refractivity contribution >= 4 is 23.1 Å². The molecule has 2 aromatic rings. The van der Waals surface area contributed by atoms with Gasteiger partial charge in [0.15, 0.2) is 0 Å². The number of nitrogens with one attached hydrogen (secondary N) is 1. The van der Waals surface area contributed by atoms with Crippen molar-refractivity contribution in [3.8, 4) is 0 Å². The molecule has 92 valence electrons. The standard InChI is InChI=1S/C13H11FN2O2/c14-10-3-1-4-11-9(10)5-6-12(16-11)13(18)15-7-2-8-17/h1,3-6,8H,2,7H2,(H,15,18). The summed E-state index contributed by atoms with van der Waals surface area (Å²) in [4.78, 5) is 25.9. The van der Waals surface area contributed by atoms with E-state index in [4.69, 9.17) is 0 Å². The van der Waals surface area contributed by atoms with Gasteiger partial charge in [-0.3, -0.25) is 4.79 Å². The van der Waals surface area contributed by atoms with E-state index < -0.39 is 0 Å².